The number of hydrogen-bond acceptors (Lipinski definition) is 3. The van der Waals surface area contributed by atoms with Crippen LogP contribution in [-0.4, -0.2) is 5.78 Å². The summed E-state index contributed by atoms with van der Waals surface area (Å²) in [5.41, 5.74) is 8.04. The second kappa shape index (κ2) is 4.92. The van der Waals surface area contributed by atoms with Crippen LogP contribution in [0.5, 0.6) is 0 Å². The minimum absolute atomic E-state index is 0.0181. The quantitative estimate of drug-likeness (QED) is 0.625. The van der Waals surface area contributed by atoms with Gasteiger partial charge < -0.3 is 5.73 Å². The molecule has 0 radical (unpaired) electrons. The average Bonchev–Trinajstić information content (AvgIpc) is 2.62. The molecule has 1 aromatic heterocycles. The van der Waals surface area contributed by atoms with Crippen molar-refractivity contribution in [1.82, 2.24) is 0 Å². The maximum atomic E-state index is 12.2. The molecule has 0 amide bonds. The van der Waals surface area contributed by atoms with Gasteiger partial charge in [0.25, 0.3) is 0 Å². The maximum absolute atomic E-state index is 12.2. The van der Waals surface area contributed by atoms with Crippen molar-refractivity contribution in [1.29, 1.82) is 0 Å². The summed E-state index contributed by atoms with van der Waals surface area (Å²) < 4.78 is 1.74. The Morgan fingerprint density at radius 1 is 1.29 bits per heavy atom. The molecule has 0 atom stereocenters. The number of nitrogens with two attached hydrogens (primary N) is 1. The van der Waals surface area contributed by atoms with Crippen molar-refractivity contribution in [2.75, 3.05) is 5.73 Å². The number of thiophene rings is 1. The molecule has 0 saturated heterocycles. The largest absolute Gasteiger partial charge is 0.398 e. The lowest BCUT2D eigenvalue weighted by Gasteiger charge is -2.01. The second-order valence-corrected chi connectivity index (χ2v) is 6.86. The van der Waals surface area contributed by atoms with Gasteiger partial charge in [-0.1, -0.05) is 0 Å². The number of hydrogen-bond donors (Lipinski definition) is 1. The maximum Gasteiger partial charge on any atom is 0.203 e. The van der Waals surface area contributed by atoms with Crippen molar-refractivity contribution in [3.8, 4) is 0 Å². The highest BCUT2D eigenvalue weighted by Crippen LogP contribution is 2.30. The van der Waals surface area contributed by atoms with Gasteiger partial charge in [-0.05, 0) is 68.6 Å². The normalized spacial score (nSPS) is 10.5. The summed E-state index contributed by atoms with van der Waals surface area (Å²) >= 11 is 8.19. The van der Waals surface area contributed by atoms with E-state index in [0.29, 0.717) is 11.3 Å². The van der Waals surface area contributed by atoms with E-state index in [-0.39, 0.29) is 5.78 Å². The molecule has 2 N–H and O–H groups in total. The molecule has 2 rings (SSSR count). The highest BCUT2D eigenvalue weighted by atomic mass is 79.9. The fourth-order valence-electron chi connectivity index (χ4n) is 1.38. The monoisotopic (exact) mass is 373 g/mol. The van der Waals surface area contributed by atoms with Crippen molar-refractivity contribution < 1.29 is 4.79 Å². The third kappa shape index (κ3) is 2.61. The topological polar surface area (TPSA) is 43.1 Å². The zero-order valence-corrected chi connectivity index (χ0v) is 12.9. The number of carbonyl (C=O) groups is 1. The Kier molecular flexibility index (Phi) is 3.70. The predicted octanol–water partition coefficient (Wildman–Crippen LogP) is 4.39. The lowest BCUT2D eigenvalue weighted by Crippen LogP contribution is -1.99. The van der Waals surface area contributed by atoms with Crippen molar-refractivity contribution in [2.45, 2.75) is 6.92 Å². The fourth-order valence-corrected chi connectivity index (χ4v) is 3.26. The van der Waals surface area contributed by atoms with Gasteiger partial charge >= 0.3 is 0 Å². The molecule has 0 aliphatic carbocycles. The number of aryl methyl sites for hydroxylation is 1. The molecule has 17 heavy (non-hydrogen) atoms. The van der Waals surface area contributed by atoms with Crippen LogP contribution in [0.2, 0.25) is 0 Å². The number of rotatable bonds is 2. The number of halogens is 2. The fraction of sp³-hybridized carbons (Fsp3) is 0.0833. The van der Waals surface area contributed by atoms with Crippen LogP contribution in [0.4, 0.5) is 5.69 Å². The van der Waals surface area contributed by atoms with Crippen molar-refractivity contribution in [3.63, 3.8) is 0 Å². The molecule has 2 aromatic rings. The third-order valence-corrected chi connectivity index (χ3v) is 5.17. The van der Waals surface area contributed by atoms with Crippen LogP contribution >= 0.6 is 43.2 Å². The van der Waals surface area contributed by atoms with Gasteiger partial charge in [0.2, 0.25) is 5.78 Å². The number of anilines is 1. The smallest absolute Gasteiger partial charge is 0.203 e. The molecule has 5 heteroatoms. The van der Waals surface area contributed by atoms with E-state index in [9.17, 15) is 4.79 Å². The van der Waals surface area contributed by atoms with Gasteiger partial charge in [0.1, 0.15) is 0 Å². The summed E-state index contributed by atoms with van der Waals surface area (Å²) in [6, 6.07) is 7.11. The molecule has 0 bridgehead atoms. The van der Waals surface area contributed by atoms with Crippen molar-refractivity contribution >= 4 is 54.7 Å². The minimum Gasteiger partial charge on any atom is -0.398 e. The van der Waals surface area contributed by atoms with Gasteiger partial charge in [-0.2, -0.15) is 0 Å². The Morgan fingerprint density at radius 2 is 2.00 bits per heavy atom. The average molecular weight is 375 g/mol. The molecule has 0 fully saturated rings. The van der Waals surface area contributed by atoms with Crippen LogP contribution in [0.25, 0.3) is 0 Å². The third-order valence-electron chi connectivity index (χ3n) is 2.34. The van der Waals surface area contributed by atoms with Crippen LogP contribution in [-0.2, 0) is 0 Å². The molecule has 0 spiro atoms. The van der Waals surface area contributed by atoms with Crippen LogP contribution in [0.15, 0.2) is 32.5 Å². The molecule has 0 unspecified atom stereocenters. The first-order valence-corrected chi connectivity index (χ1v) is 7.25. The zero-order valence-electron chi connectivity index (χ0n) is 8.96. The number of nitrogen functional groups attached to an aromatic ring is 1. The van der Waals surface area contributed by atoms with Gasteiger partial charge in [0, 0.05) is 15.7 Å². The van der Waals surface area contributed by atoms with E-state index < -0.39 is 0 Å². The summed E-state index contributed by atoms with van der Waals surface area (Å²) in [5, 5.41) is 0. The molecule has 0 aliphatic rings. The first-order chi connectivity index (χ1) is 7.99. The van der Waals surface area contributed by atoms with Crippen LogP contribution in [0.1, 0.15) is 20.8 Å². The molecule has 0 saturated carbocycles. The highest BCUT2D eigenvalue weighted by molar-refractivity contribution is 9.11. The van der Waals surface area contributed by atoms with Crippen molar-refractivity contribution in [3.05, 3.63) is 48.5 Å². The van der Waals surface area contributed by atoms with Gasteiger partial charge in [-0.15, -0.1) is 11.3 Å². The standard InChI is InChI=1S/C12H9Br2NOS/c1-6-4-10(17-12(6)14)11(16)7-2-3-9(15)8(13)5-7/h2-5H,15H2,1H3. The zero-order chi connectivity index (χ0) is 12.6. The lowest BCUT2D eigenvalue weighted by atomic mass is 10.1. The summed E-state index contributed by atoms with van der Waals surface area (Å²) in [4.78, 5) is 12.9. The first kappa shape index (κ1) is 12.8. The molecule has 88 valence electrons. The summed E-state index contributed by atoms with van der Waals surface area (Å²) in [6.45, 7) is 1.97. The Hall–Kier alpha value is -0.650. The van der Waals surface area contributed by atoms with Crippen molar-refractivity contribution in [2.24, 2.45) is 0 Å². The predicted molar refractivity (Wildman–Crippen MR) is 78.7 cm³/mol. The van der Waals surface area contributed by atoms with Crippen LogP contribution in [0.3, 0.4) is 0 Å². The number of benzene rings is 1. The summed E-state index contributed by atoms with van der Waals surface area (Å²) in [7, 11) is 0. The molecule has 1 aromatic carbocycles. The first-order valence-electron chi connectivity index (χ1n) is 4.84. The van der Waals surface area contributed by atoms with Gasteiger partial charge in [0.05, 0.1) is 8.66 Å². The SMILES string of the molecule is Cc1cc(C(=O)c2ccc(N)c(Br)c2)sc1Br. The Morgan fingerprint density at radius 3 is 2.53 bits per heavy atom. The van der Waals surface area contributed by atoms with Crippen LogP contribution in [0, 0.1) is 6.92 Å². The number of carbonyl (C=O) groups excluding carboxylic acids is 1. The van der Waals surface area contributed by atoms with E-state index in [1.165, 1.54) is 11.3 Å². The molecule has 0 aliphatic heterocycles. The Labute approximate surface area is 120 Å². The van der Waals surface area contributed by atoms with E-state index in [0.717, 1.165) is 18.7 Å². The van der Waals surface area contributed by atoms with Gasteiger partial charge in [-0.3, -0.25) is 4.79 Å². The van der Waals surface area contributed by atoms with Crippen LogP contribution < -0.4 is 5.73 Å². The molecule has 1 heterocycles. The molecular weight excluding hydrogens is 366 g/mol. The highest BCUT2D eigenvalue weighted by Gasteiger charge is 2.14. The lowest BCUT2D eigenvalue weighted by molar-refractivity contribution is 0.104. The van der Waals surface area contributed by atoms with Gasteiger partial charge in [0.15, 0.2) is 0 Å². The van der Waals surface area contributed by atoms with E-state index in [4.69, 9.17) is 5.73 Å². The van der Waals surface area contributed by atoms with E-state index in [1.807, 2.05) is 13.0 Å². The van der Waals surface area contributed by atoms with E-state index >= 15 is 0 Å². The Balaban J connectivity index is 2.40. The second-order valence-electron chi connectivity index (χ2n) is 3.63. The van der Waals surface area contributed by atoms with E-state index in [2.05, 4.69) is 31.9 Å². The Bertz CT molecular complexity index is 573. The summed E-state index contributed by atoms with van der Waals surface area (Å²) in [6.07, 6.45) is 0. The molecular formula is C12H9Br2NOS. The minimum atomic E-state index is 0.0181. The van der Waals surface area contributed by atoms with E-state index in [1.54, 1.807) is 18.2 Å². The molecule has 2 nitrogen and oxygen atoms in total. The van der Waals surface area contributed by atoms with Gasteiger partial charge in [-0.25, -0.2) is 0 Å². The number of ketones is 1. The summed E-state index contributed by atoms with van der Waals surface area (Å²) in [5.74, 6) is 0.0181.